The summed E-state index contributed by atoms with van der Waals surface area (Å²) in [6, 6.07) is 2.80. The summed E-state index contributed by atoms with van der Waals surface area (Å²) < 4.78 is 0. The van der Waals surface area contributed by atoms with Crippen LogP contribution in [0.1, 0.15) is 18.4 Å². The molecule has 0 aliphatic rings. The number of rotatable bonds is 11. The predicted molar refractivity (Wildman–Crippen MR) is 108 cm³/mol. The van der Waals surface area contributed by atoms with E-state index in [0.29, 0.717) is 5.56 Å². The molecule has 0 spiro atoms. The van der Waals surface area contributed by atoms with Crippen molar-refractivity contribution in [3.8, 4) is 0 Å². The second kappa shape index (κ2) is 10.2. The Labute approximate surface area is 176 Å². The number of hydrogen-bond donors (Lipinski definition) is 7. The van der Waals surface area contributed by atoms with E-state index in [1.807, 2.05) is 0 Å². The highest BCUT2D eigenvalue weighted by atomic mass is 16.4. The molecular formula is C19H23N5O7. The monoisotopic (exact) mass is 433 g/mol. The molecule has 31 heavy (non-hydrogen) atoms. The number of primary amides is 1. The van der Waals surface area contributed by atoms with Gasteiger partial charge in [0.2, 0.25) is 17.7 Å². The molecule has 1 aromatic heterocycles. The fraction of sp³-hybridized carbons (Fsp3) is 0.316. The summed E-state index contributed by atoms with van der Waals surface area (Å²) in [4.78, 5) is 61.3. The van der Waals surface area contributed by atoms with Crippen LogP contribution in [0.15, 0.2) is 30.5 Å². The number of benzene rings is 1. The van der Waals surface area contributed by atoms with Crippen molar-refractivity contribution in [3.05, 3.63) is 36.0 Å². The lowest BCUT2D eigenvalue weighted by Gasteiger charge is -2.21. The maximum atomic E-state index is 12.6. The van der Waals surface area contributed by atoms with Crippen molar-refractivity contribution in [2.24, 2.45) is 11.5 Å². The number of hydrogen-bond acceptors (Lipinski definition) is 6. The van der Waals surface area contributed by atoms with Crippen LogP contribution in [0.3, 0.4) is 0 Å². The minimum atomic E-state index is -1.60. The average molecular weight is 433 g/mol. The van der Waals surface area contributed by atoms with Crippen molar-refractivity contribution in [1.29, 1.82) is 0 Å². The van der Waals surface area contributed by atoms with Crippen molar-refractivity contribution in [2.75, 3.05) is 0 Å². The van der Waals surface area contributed by atoms with Gasteiger partial charge in [-0.3, -0.25) is 19.2 Å². The van der Waals surface area contributed by atoms with Crippen LogP contribution in [0, 0.1) is 0 Å². The van der Waals surface area contributed by atoms with E-state index in [9.17, 15) is 29.1 Å². The number of nitrogens with one attached hydrogen (secondary N) is 3. The molecule has 166 valence electrons. The zero-order valence-electron chi connectivity index (χ0n) is 16.3. The molecule has 12 heteroatoms. The van der Waals surface area contributed by atoms with E-state index in [-0.39, 0.29) is 6.42 Å². The number of carbonyl (C=O) groups excluding carboxylic acids is 3. The first-order valence-electron chi connectivity index (χ1n) is 9.22. The number of aromatic amines is 1. The number of H-pyrrole nitrogens is 1. The normalized spacial score (nSPS) is 13.7. The van der Waals surface area contributed by atoms with Crippen LogP contribution in [-0.2, 0) is 30.4 Å². The Bertz CT molecular complexity index is 1000. The van der Waals surface area contributed by atoms with Gasteiger partial charge in [0.1, 0.15) is 12.1 Å². The number of para-hydroxylation sites is 1. The molecule has 0 saturated carbocycles. The molecule has 12 nitrogen and oxygen atoms in total. The maximum Gasteiger partial charge on any atom is 0.326 e. The molecule has 0 aliphatic carbocycles. The quantitative estimate of drug-likeness (QED) is 0.219. The number of fused-ring (bicyclic) bond motifs is 1. The third-order valence-electron chi connectivity index (χ3n) is 4.48. The summed E-state index contributed by atoms with van der Waals surface area (Å²) in [5.74, 6) is -5.60. The van der Waals surface area contributed by atoms with Gasteiger partial charge in [-0.2, -0.15) is 0 Å². The number of amides is 3. The molecule has 0 aliphatic heterocycles. The topological polar surface area (TPSA) is 218 Å². The lowest BCUT2D eigenvalue weighted by atomic mass is 10.0. The van der Waals surface area contributed by atoms with Crippen LogP contribution in [0.5, 0.6) is 0 Å². The first kappa shape index (κ1) is 23.3. The molecule has 9 N–H and O–H groups in total. The molecule has 2 rings (SSSR count). The number of nitrogens with two attached hydrogens (primary N) is 2. The summed E-state index contributed by atoms with van der Waals surface area (Å²) in [6.07, 6.45) is 0.206. The summed E-state index contributed by atoms with van der Waals surface area (Å²) in [5, 5.41) is 23.7. The van der Waals surface area contributed by atoms with Gasteiger partial charge in [0.25, 0.3) is 0 Å². The minimum absolute atomic E-state index is 0.0833. The lowest BCUT2D eigenvalue weighted by molar-refractivity contribution is -0.143. The summed E-state index contributed by atoms with van der Waals surface area (Å²) in [5.41, 5.74) is 11.9. The third kappa shape index (κ3) is 6.54. The molecule has 0 radical (unpaired) electrons. The highest BCUT2D eigenvalue weighted by Gasteiger charge is 2.30. The zero-order valence-corrected chi connectivity index (χ0v) is 16.3. The Morgan fingerprint density at radius 2 is 1.61 bits per heavy atom. The molecule has 1 aromatic carbocycles. The Hall–Kier alpha value is -3.93. The number of carboxylic acids is 2. The van der Waals surface area contributed by atoms with E-state index in [0.717, 1.165) is 10.9 Å². The first-order chi connectivity index (χ1) is 14.6. The third-order valence-corrected chi connectivity index (χ3v) is 4.48. The summed E-state index contributed by atoms with van der Waals surface area (Å²) in [6.45, 7) is 0. The van der Waals surface area contributed by atoms with E-state index in [4.69, 9.17) is 16.6 Å². The standard InChI is InChI=1S/C19H23N5O7/c20-11(6-15(21)25)17(28)23-13(7-16(26)27)18(29)24-14(19(30)31)5-9-8-22-12-4-2-1-3-10(9)12/h1-4,8,11,13-14,22H,5-7,20H2,(H2,21,25)(H,23,28)(H,24,29)(H,26,27)(H,30,31)/t11-,13-,14-/m0/s1. The molecule has 0 saturated heterocycles. The number of carboxylic acid groups (broad SMARTS) is 2. The molecular weight excluding hydrogens is 410 g/mol. The smallest absolute Gasteiger partial charge is 0.326 e. The van der Waals surface area contributed by atoms with Gasteiger partial charge in [0, 0.05) is 23.5 Å². The fourth-order valence-electron chi connectivity index (χ4n) is 2.96. The van der Waals surface area contributed by atoms with Gasteiger partial charge in [-0.15, -0.1) is 0 Å². The molecule has 1 heterocycles. The minimum Gasteiger partial charge on any atom is -0.481 e. The van der Waals surface area contributed by atoms with E-state index < -0.39 is 60.6 Å². The van der Waals surface area contributed by atoms with Crippen LogP contribution in [0.25, 0.3) is 10.9 Å². The van der Waals surface area contributed by atoms with Crippen LogP contribution in [0.2, 0.25) is 0 Å². The van der Waals surface area contributed by atoms with Gasteiger partial charge in [0.05, 0.1) is 18.9 Å². The Morgan fingerprint density at radius 3 is 2.23 bits per heavy atom. The lowest BCUT2D eigenvalue weighted by Crippen LogP contribution is -2.55. The van der Waals surface area contributed by atoms with Gasteiger partial charge < -0.3 is 37.3 Å². The number of aliphatic carboxylic acids is 2. The van der Waals surface area contributed by atoms with Gasteiger partial charge in [-0.05, 0) is 11.6 Å². The highest BCUT2D eigenvalue weighted by Crippen LogP contribution is 2.19. The Balaban J connectivity index is 2.14. The molecule has 0 bridgehead atoms. The molecule has 3 amide bonds. The van der Waals surface area contributed by atoms with Crippen LogP contribution >= 0.6 is 0 Å². The van der Waals surface area contributed by atoms with E-state index in [1.54, 1.807) is 30.5 Å². The van der Waals surface area contributed by atoms with Crippen molar-refractivity contribution < 1.29 is 34.2 Å². The van der Waals surface area contributed by atoms with Crippen LogP contribution in [0.4, 0.5) is 0 Å². The van der Waals surface area contributed by atoms with Gasteiger partial charge >= 0.3 is 11.9 Å². The van der Waals surface area contributed by atoms with Crippen molar-refractivity contribution in [3.63, 3.8) is 0 Å². The second-order valence-corrected chi connectivity index (χ2v) is 6.90. The number of aromatic nitrogens is 1. The molecule has 0 unspecified atom stereocenters. The van der Waals surface area contributed by atoms with Crippen molar-refractivity contribution in [1.82, 2.24) is 15.6 Å². The molecule has 2 aromatic rings. The SMILES string of the molecule is NC(=O)C[C@H](N)C(=O)N[C@@H](CC(=O)O)C(=O)N[C@@H](Cc1c[nH]c2ccccc12)C(=O)O. The van der Waals surface area contributed by atoms with Crippen molar-refractivity contribution in [2.45, 2.75) is 37.4 Å². The Kier molecular flexibility index (Phi) is 7.69. The summed E-state index contributed by atoms with van der Waals surface area (Å²) >= 11 is 0. The van der Waals surface area contributed by atoms with Crippen LogP contribution in [-0.4, -0.2) is 63.0 Å². The predicted octanol–water partition coefficient (Wildman–Crippen LogP) is -1.56. The molecule has 3 atom stereocenters. The summed E-state index contributed by atoms with van der Waals surface area (Å²) in [7, 11) is 0. The van der Waals surface area contributed by atoms with Gasteiger partial charge in [-0.1, -0.05) is 18.2 Å². The van der Waals surface area contributed by atoms with E-state index in [2.05, 4.69) is 15.6 Å². The van der Waals surface area contributed by atoms with Crippen LogP contribution < -0.4 is 22.1 Å². The maximum absolute atomic E-state index is 12.6. The second-order valence-electron chi connectivity index (χ2n) is 6.90. The van der Waals surface area contributed by atoms with E-state index >= 15 is 0 Å². The van der Waals surface area contributed by atoms with Gasteiger partial charge in [-0.25, -0.2) is 4.79 Å². The fourth-order valence-corrected chi connectivity index (χ4v) is 2.96. The first-order valence-corrected chi connectivity index (χ1v) is 9.22. The number of carbonyl (C=O) groups is 5. The average Bonchev–Trinajstić information content (AvgIpc) is 3.08. The Morgan fingerprint density at radius 1 is 0.968 bits per heavy atom. The zero-order chi connectivity index (χ0) is 23.1. The van der Waals surface area contributed by atoms with Crippen molar-refractivity contribution >= 4 is 40.6 Å². The van der Waals surface area contributed by atoms with Gasteiger partial charge in [0.15, 0.2) is 0 Å². The largest absolute Gasteiger partial charge is 0.481 e. The molecule has 0 fully saturated rings. The highest BCUT2D eigenvalue weighted by molar-refractivity contribution is 5.95. The van der Waals surface area contributed by atoms with E-state index in [1.165, 1.54) is 0 Å².